The molecule has 11 heavy (non-hydrogen) atoms. The quantitative estimate of drug-likeness (QED) is 0.517. The first-order chi connectivity index (χ1) is 5.31. The van der Waals surface area contributed by atoms with Gasteiger partial charge in [0.05, 0.1) is 0 Å². The molecule has 0 amide bonds. The minimum absolute atomic E-state index is 0.751. The molecule has 0 aromatic heterocycles. The van der Waals surface area contributed by atoms with Crippen molar-refractivity contribution in [2.24, 2.45) is 5.92 Å². The van der Waals surface area contributed by atoms with Gasteiger partial charge in [0.25, 0.3) is 0 Å². The first-order valence-corrected chi connectivity index (χ1v) is 4.89. The topological polar surface area (TPSA) is 9.23 Å². The van der Waals surface area contributed by atoms with Gasteiger partial charge in [-0.2, -0.15) is 0 Å². The Morgan fingerprint density at radius 3 is 2.45 bits per heavy atom. The van der Waals surface area contributed by atoms with E-state index >= 15 is 0 Å². The molecular formula is C10H22O. The van der Waals surface area contributed by atoms with E-state index in [1.165, 1.54) is 19.3 Å². The summed E-state index contributed by atoms with van der Waals surface area (Å²) < 4.78 is 5.44. The van der Waals surface area contributed by atoms with Crippen molar-refractivity contribution in [2.45, 2.75) is 46.5 Å². The van der Waals surface area contributed by atoms with Crippen molar-refractivity contribution in [3.63, 3.8) is 0 Å². The Balaban J connectivity index is 3.02. The molecule has 0 aromatic rings. The first-order valence-electron chi connectivity index (χ1n) is 4.89. The van der Waals surface area contributed by atoms with Crippen LogP contribution in [0.1, 0.15) is 46.5 Å². The summed E-state index contributed by atoms with van der Waals surface area (Å²) in [6.45, 7) is 8.53. The second-order valence-corrected chi connectivity index (χ2v) is 3.32. The molecule has 0 aliphatic carbocycles. The van der Waals surface area contributed by atoms with Crippen molar-refractivity contribution in [3.05, 3.63) is 0 Å². The van der Waals surface area contributed by atoms with Crippen molar-refractivity contribution >= 4 is 0 Å². The highest BCUT2D eigenvalue weighted by molar-refractivity contribution is 4.50. The number of hydrogen-bond donors (Lipinski definition) is 0. The van der Waals surface area contributed by atoms with Gasteiger partial charge in [0, 0.05) is 13.2 Å². The Labute approximate surface area is 71.1 Å². The smallest absolute Gasteiger partial charge is 0.0491 e. The number of hydrogen-bond acceptors (Lipinski definition) is 1. The van der Waals surface area contributed by atoms with Crippen LogP contribution in [0.2, 0.25) is 0 Å². The Morgan fingerprint density at radius 2 is 1.91 bits per heavy atom. The van der Waals surface area contributed by atoms with E-state index in [2.05, 4.69) is 20.8 Å². The van der Waals surface area contributed by atoms with E-state index < -0.39 is 0 Å². The van der Waals surface area contributed by atoms with Gasteiger partial charge in [-0.25, -0.2) is 0 Å². The molecule has 0 heterocycles. The van der Waals surface area contributed by atoms with Gasteiger partial charge in [0.15, 0.2) is 0 Å². The standard InChI is InChI=1S/C10H22O/c1-4-6-7-10(3)9-11-8-5-2/h10H,4-9H2,1-3H3. The van der Waals surface area contributed by atoms with Gasteiger partial charge in [0.2, 0.25) is 0 Å². The SMILES string of the molecule is CCCCC(C)COCCC. The van der Waals surface area contributed by atoms with Crippen LogP contribution in [0, 0.1) is 5.92 Å². The van der Waals surface area contributed by atoms with Gasteiger partial charge < -0.3 is 4.74 Å². The van der Waals surface area contributed by atoms with Crippen molar-refractivity contribution in [2.75, 3.05) is 13.2 Å². The van der Waals surface area contributed by atoms with Crippen LogP contribution < -0.4 is 0 Å². The monoisotopic (exact) mass is 158 g/mol. The predicted molar refractivity (Wildman–Crippen MR) is 49.8 cm³/mol. The van der Waals surface area contributed by atoms with Crippen LogP contribution in [0.4, 0.5) is 0 Å². The van der Waals surface area contributed by atoms with Crippen LogP contribution in [0.3, 0.4) is 0 Å². The fourth-order valence-electron chi connectivity index (χ4n) is 1.06. The Kier molecular flexibility index (Phi) is 8.03. The molecule has 0 aliphatic rings. The van der Waals surface area contributed by atoms with Crippen LogP contribution in [0.5, 0.6) is 0 Å². The van der Waals surface area contributed by atoms with Crippen molar-refractivity contribution in [1.82, 2.24) is 0 Å². The summed E-state index contributed by atoms with van der Waals surface area (Å²) in [7, 11) is 0. The molecule has 0 bridgehead atoms. The third-order valence-corrected chi connectivity index (χ3v) is 1.80. The van der Waals surface area contributed by atoms with Gasteiger partial charge >= 0.3 is 0 Å². The minimum atomic E-state index is 0.751. The van der Waals surface area contributed by atoms with Crippen molar-refractivity contribution < 1.29 is 4.74 Å². The van der Waals surface area contributed by atoms with Crippen LogP contribution in [0.15, 0.2) is 0 Å². The van der Waals surface area contributed by atoms with E-state index in [1.807, 2.05) is 0 Å². The molecule has 1 unspecified atom stereocenters. The predicted octanol–water partition coefficient (Wildman–Crippen LogP) is 3.24. The van der Waals surface area contributed by atoms with E-state index in [-0.39, 0.29) is 0 Å². The normalized spacial score (nSPS) is 13.4. The fourth-order valence-corrected chi connectivity index (χ4v) is 1.06. The fraction of sp³-hybridized carbons (Fsp3) is 1.00. The van der Waals surface area contributed by atoms with Gasteiger partial charge in [-0.15, -0.1) is 0 Å². The van der Waals surface area contributed by atoms with Crippen LogP contribution in [0.25, 0.3) is 0 Å². The summed E-state index contributed by atoms with van der Waals surface area (Å²) >= 11 is 0. The molecule has 0 N–H and O–H groups in total. The molecule has 0 saturated carbocycles. The highest BCUT2D eigenvalue weighted by atomic mass is 16.5. The second-order valence-electron chi connectivity index (χ2n) is 3.32. The Morgan fingerprint density at radius 1 is 1.18 bits per heavy atom. The zero-order chi connectivity index (χ0) is 8.53. The summed E-state index contributed by atoms with van der Waals surface area (Å²) in [6, 6.07) is 0. The average molecular weight is 158 g/mol. The Hall–Kier alpha value is -0.0400. The van der Waals surface area contributed by atoms with E-state index in [1.54, 1.807) is 0 Å². The molecule has 0 radical (unpaired) electrons. The lowest BCUT2D eigenvalue weighted by molar-refractivity contribution is 0.102. The molecule has 0 rings (SSSR count). The van der Waals surface area contributed by atoms with Crippen LogP contribution in [-0.4, -0.2) is 13.2 Å². The molecule has 1 heteroatoms. The van der Waals surface area contributed by atoms with Crippen LogP contribution in [-0.2, 0) is 4.74 Å². The van der Waals surface area contributed by atoms with Crippen molar-refractivity contribution in [3.8, 4) is 0 Å². The lowest BCUT2D eigenvalue weighted by atomic mass is 10.1. The number of rotatable bonds is 7. The molecule has 0 spiro atoms. The molecule has 1 atom stereocenters. The first kappa shape index (κ1) is 11.0. The zero-order valence-corrected chi connectivity index (χ0v) is 8.23. The highest BCUT2D eigenvalue weighted by Gasteiger charge is 1.99. The molecule has 68 valence electrons. The largest absolute Gasteiger partial charge is 0.381 e. The van der Waals surface area contributed by atoms with Gasteiger partial charge in [-0.1, -0.05) is 33.6 Å². The van der Waals surface area contributed by atoms with E-state index in [4.69, 9.17) is 4.74 Å². The summed E-state index contributed by atoms with van der Waals surface area (Å²) in [6.07, 6.45) is 5.11. The maximum Gasteiger partial charge on any atom is 0.0491 e. The zero-order valence-electron chi connectivity index (χ0n) is 8.23. The summed E-state index contributed by atoms with van der Waals surface area (Å²) in [5, 5.41) is 0. The summed E-state index contributed by atoms with van der Waals surface area (Å²) in [4.78, 5) is 0. The minimum Gasteiger partial charge on any atom is -0.381 e. The van der Waals surface area contributed by atoms with Gasteiger partial charge in [0.1, 0.15) is 0 Å². The summed E-state index contributed by atoms with van der Waals surface area (Å²) in [5.41, 5.74) is 0. The third-order valence-electron chi connectivity index (χ3n) is 1.80. The molecule has 0 aromatic carbocycles. The third kappa shape index (κ3) is 7.86. The molecular weight excluding hydrogens is 136 g/mol. The maximum absolute atomic E-state index is 5.44. The second kappa shape index (κ2) is 8.06. The Bertz CT molecular complexity index is 71.3. The lowest BCUT2D eigenvalue weighted by Gasteiger charge is -2.10. The highest BCUT2D eigenvalue weighted by Crippen LogP contribution is 2.07. The van der Waals surface area contributed by atoms with E-state index in [9.17, 15) is 0 Å². The average Bonchev–Trinajstić information content (AvgIpc) is 2.01. The van der Waals surface area contributed by atoms with Crippen LogP contribution >= 0.6 is 0 Å². The maximum atomic E-state index is 5.44. The molecule has 0 aliphatic heterocycles. The number of unbranched alkanes of at least 4 members (excludes halogenated alkanes) is 1. The van der Waals surface area contributed by atoms with Gasteiger partial charge in [-0.3, -0.25) is 0 Å². The molecule has 1 nitrogen and oxygen atoms in total. The lowest BCUT2D eigenvalue weighted by Crippen LogP contribution is -2.06. The summed E-state index contributed by atoms with van der Waals surface area (Å²) in [5.74, 6) is 0.751. The molecule has 0 fully saturated rings. The number of ether oxygens (including phenoxy) is 1. The van der Waals surface area contributed by atoms with E-state index in [0.29, 0.717) is 0 Å². The van der Waals surface area contributed by atoms with E-state index in [0.717, 1.165) is 25.6 Å². The van der Waals surface area contributed by atoms with Gasteiger partial charge in [-0.05, 0) is 18.8 Å². The molecule has 0 saturated heterocycles. The van der Waals surface area contributed by atoms with Crippen molar-refractivity contribution in [1.29, 1.82) is 0 Å².